The summed E-state index contributed by atoms with van der Waals surface area (Å²) >= 11 is 6.65. The number of para-hydroxylation sites is 1. The van der Waals surface area contributed by atoms with Gasteiger partial charge in [0.25, 0.3) is 15.9 Å². The second-order valence-electron chi connectivity index (χ2n) is 9.56. The summed E-state index contributed by atoms with van der Waals surface area (Å²) in [6, 6.07) is 20.4. The van der Waals surface area contributed by atoms with Crippen molar-refractivity contribution in [2.45, 2.75) is 18.4 Å². The van der Waals surface area contributed by atoms with E-state index in [0.29, 0.717) is 43.6 Å². The number of hydrogen-bond acceptors (Lipinski definition) is 5. The molecule has 0 radical (unpaired) electrons. The van der Waals surface area contributed by atoms with Gasteiger partial charge in [-0.1, -0.05) is 65.7 Å². The van der Waals surface area contributed by atoms with Crippen molar-refractivity contribution in [1.82, 2.24) is 8.87 Å². The summed E-state index contributed by atoms with van der Waals surface area (Å²) in [7, 11) is -1.32. The first-order valence-corrected chi connectivity index (χ1v) is 14.0. The number of benzene rings is 4. The quantitative estimate of drug-likeness (QED) is 0.251. The van der Waals surface area contributed by atoms with Gasteiger partial charge in [0.15, 0.2) is 0 Å². The van der Waals surface area contributed by atoms with Crippen molar-refractivity contribution in [3.05, 3.63) is 100 Å². The number of halogens is 1. The summed E-state index contributed by atoms with van der Waals surface area (Å²) in [5.74, 6) is -1.00. The van der Waals surface area contributed by atoms with Gasteiger partial charge in [-0.15, -0.1) is 0 Å². The molecule has 196 valence electrons. The average Bonchev–Trinajstić information content (AvgIpc) is 3.42. The van der Waals surface area contributed by atoms with Gasteiger partial charge in [0.05, 0.1) is 34.2 Å². The van der Waals surface area contributed by atoms with E-state index in [1.807, 2.05) is 6.92 Å². The highest BCUT2D eigenvalue weighted by molar-refractivity contribution is 7.90. The largest absolute Gasteiger partial charge is 0.465 e. The van der Waals surface area contributed by atoms with Crippen LogP contribution in [0.15, 0.2) is 77.7 Å². The molecule has 0 fully saturated rings. The zero-order valence-electron chi connectivity index (χ0n) is 21.4. The van der Waals surface area contributed by atoms with Crippen molar-refractivity contribution in [3.63, 3.8) is 0 Å². The molecule has 0 bridgehead atoms. The van der Waals surface area contributed by atoms with E-state index < -0.39 is 16.0 Å². The second-order valence-corrected chi connectivity index (χ2v) is 11.8. The SMILES string of the molecule is COC(=O)c1c(-c2ccccc2Cl)c2c(c3c4ccccc4n(S(=O)(=O)c4ccc(C)cc4)c13)C(=O)N(C)C2. The summed E-state index contributed by atoms with van der Waals surface area (Å²) in [6.45, 7) is 2.09. The van der Waals surface area contributed by atoms with Gasteiger partial charge in [0.2, 0.25) is 0 Å². The van der Waals surface area contributed by atoms with Crippen LogP contribution in [0.5, 0.6) is 0 Å². The predicted octanol–water partition coefficient (Wildman–Crippen LogP) is 6.03. The molecule has 0 N–H and O–H groups in total. The zero-order valence-corrected chi connectivity index (χ0v) is 22.9. The van der Waals surface area contributed by atoms with E-state index in [4.69, 9.17) is 16.3 Å². The minimum atomic E-state index is -4.24. The van der Waals surface area contributed by atoms with Gasteiger partial charge in [-0.25, -0.2) is 17.2 Å². The van der Waals surface area contributed by atoms with Crippen molar-refractivity contribution in [1.29, 1.82) is 0 Å². The topological polar surface area (TPSA) is 85.7 Å². The van der Waals surface area contributed by atoms with E-state index in [1.54, 1.807) is 72.6 Å². The number of carbonyl (C=O) groups excluding carboxylic acids is 2. The summed E-state index contributed by atoms with van der Waals surface area (Å²) < 4.78 is 35.1. The maximum Gasteiger partial charge on any atom is 0.340 e. The number of ether oxygens (including phenoxy) is 1. The first-order valence-electron chi connectivity index (χ1n) is 12.2. The molecule has 0 spiro atoms. The molecule has 0 unspecified atom stereocenters. The lowest BCUT2D eigenvalue weighted by Crippen LogP contribution is -2.18. The number of rotatable bonds is 4. The molecule has 0 saturated carbocycles. The van der Waals surface area contributed by atoms with Crippen LogP contribution in [-0.2, 0) is 21.3 Å². The van der Waals surface area contributed by atoms with Crippen molar-refractivity contribution in [2.24, 2.45) is 0 Å². The third-order valence-corrected chi connectivity index (χ3v) is 9.28. The molecule has 1 aromatic heterocycles. The molecule has 7 nitrogen and oxygen atoms in total. The minimum Gasteiger partial charge on any atom is -0.465 e. The van der Waals surface area contributed by atoms with Gasteiger partial charge < -0.3 is 9.64 Å². The van der Waals surface area contributed by atoms with E-state index >= 15 is 0 Å². The van der Waals surface area contributed by atoms with Gasteiger partial charge in [0, 0.05) is 40.5 Å². The molecule has 39 heavy (non-hydrogen) atoms. The molecule has 9 heteroatoms. The molecule has 1 amide bonds. The van der Waals surface area contributed by atoms with E-state index in [9.17, 15) is 18.0 Å². The summed E-state index contributed by atoms with van der Waals surface area (Å²) in [5.41, 5.74) is 3.21. The van der Waals surface area contributed by atoms with Crippen LogP contribution in [0.4, 0.5) is 0 Å². The van der Waals surface area contributed by atoms with E-state index in [2.05, 4.69) is 0 Å². The Morgan fingerprint density at radius 1 is 0.949 bits per heavy atom. The lowest BCUT2D eigenvalue weighted by Gasteiger charge is -2.18. The maximum absolute atomic E-state index is 14.3. The molecule has 1 aliphatic rings. The maximum atomic E-state index is 14.3. The van der Waals surface area contributed by atoms with Crippen molar-refractivity contribution >= 4 is 55.3 Å². The number of aromatic nitrogens is 1. The van der Waals surface area contributed by atoms with Gasteiger partial charge in [-0.2, -0.15) is 0 Å². The van der Waals surface area contributed by atoms with E-state index in [-0.39, 0.29) is 28.4 Å². The number of amides is 1. The van der Waals surface area contributed by atoms with Gasteiger partial charge in [-0.05, 0) is 36.8 Å². The van der Waals surface area contributed by atoms with Crippen LogP contribution in [0.25, 0.3) is 32.9 Å². The Hall–Kier alpha value is -4.14. The molecule has 0 atom stereocenters. The Morgan fingerprint density at radius 3 is 2.31 bits per heavy atom. The summed E-state index contributed by atoms with van der Waals surface area (Å²) in [6.07, 6.45) is 0. The molecule has 6 rings (SSSR count). The Kier molecular flexibility index (Phi) is 5.78. The number of hydrogen-bond donors (Lipinski definition) is 0. The average molecular weight is 559 g/mol. The monoisotopic (exact) mass is 558 g/mol. The fraction of sp³-hybridized carbons (Fsp3) is 0.133. The van der Waals surface area contributed by atoms with Crippen LogP contribution in [0.1, 0.15) is 31.8 Å². The third kappa shape index (κ3) is 3.59. The highest BCUT2D eigenvalue weighted by Gasteiger charge is 2.39. The van der Waals surface area contributed by atoms with Gasteiger partial charge >= 0.3 is 5.97 Å². The molecule has 0 aliphatic carbocycles. The molecular weight excluding hydrogens is 536 g/mol. The van der Waals surface area contributed by atoms with Crippen LogP contribution in [0.3, 0.4) is 0 Å². The van der Waals surface area contributed by atoms with Crippen LogP contribution in [0, 0.1) is 6.92 Å². The molecule has 5 aromatic rings. The van der Waals surface area contributed by atoms with Crippen LogP contribution in [0.2, 0.25) is 5.02 Å². The second kappa shape index (κ2) is 8.97. The highest BCUT2D eigenvalue weighted by atomic mass is 35.5. The Morgan fingerprint density at radius 2 is 1.62 bits per heavy atom. The molecule has 1 aliphatic heterocycles. The number of esters is 1. The van der Waals surface area contributed by atoms with Crippen molar-refractivity contribution < 1.29 is 22.7 Å². The normalized spacial score (nSPS) is 13.3. The minimum absolute atomic E-state index is 0.0364. The number of nitrogens with zero attached hydrogens (tertiary/aromatic N) is 2. The van der Waals surface area contributed by atoms with Crippen LogP contribution < -0.4 is 0 Å². The number of fused-ring (bicyclic) bond motifs is 5. The number of methoxy groups -OCH3 is 1. The van der Waals surface area contributed by atoms with E-state index in [1.165, 1.54) is 23.2 Å². The number of carbonyl (C=O) groups is 2. The smallest absolute Gasteiger partial charge is 0.340 e. The Balaban J connectivity index is 1.92. The van der Waals surface area contributed by atoms with Crippen LogP contribution in [-0.4, -0.2) is 43.3 Å². The first kappa shape index (κ1) is 25.2. The first-order chi connectivity index (χ1) is 18.7. The fourth-order valence-electron chi connectivity index (χ4n) is 5.46. The van der Waals surface area contributed by atoms with Crippen molar-refractivity contribution in [2.75, 3.05) is 14.2 Å². The fourth-order valence-corrected chi connectivity index (χ4v) is 7.22. The van der Waals surface area contributed by atoms with Crippen LogP contribution >= 0.6 is 11.6 Å². The lowest BCUT2D eigenvalue weighted by atomic mass is 9.88. The molecule has 4 aromatic carbocycles. The van der Waals surface area contributed by atoms with E-state index in [0.717, 1.165) is 5.56 Å². The Bertz CT molecular complexity index is 1960. The summed E-state index contributed by atoms with van der Waals surface area (Å²) in [4.78, 5) is 28.9. The molecule has 2 heterocycles. The van der Waals surface area contributed by atoms with Gasteiger partial charge in [0.1, 0.15) is 0 Å². The molecule has 0 saturated heterocycles. The lowest BCUT2D eigenvalue weighted by molar-refractivity contribution is 0.0603. The summed E-state index contributed by atoms with van der Waals surface area (Å²) in [5, 5.41) is 1.29. The predicted molar refractivity (Wildman–Crippen MR) is 151 cm³/mol. The van der Waals surface area contributed by atoms with Gasteiger partial charge in [-0.3, -0.25) is 4.79 Å². The zero-order chi connectivity index (χ0) is 27.6. The third-order valence-electron chi connectivity index (χ3n) is 7.22. The highest BCUT2D eigenvalue weighted by Crippen LogP contribution is 2.47. The number of aryl methyl sites for hydroxylation is 1. The standard InChI is InChI=1S/C30H23ClN2O5S/c1-17-12-14-18(15-13-17)39(36,37)33-23-11-7-5-9-20(23)25-26-21(16-32(2)29(26)34)24(19-8-4-6-10-22(19)31)27(28(25)33)30(35)38-3/h4-15H,16H2,1-3H3. The molecular formula is C30H23ClN2O5S. The Labute approximate surface area is 230 Å². The van der Waals surface area contributed by atoms with Crippen molar-refractivity contribution in [3.8, 4) is 11.1 Å².